The number of methoxy groups -OCH3 is 1. The molecule has 4 rings (SSSR count). The first kappa shape index (κ1) is 22.9. The van der Waals surface area contributed by atoms with Gasteiger partial charge in [-0.3, -0.25) is 9.69 Å². The van der Waals surface area contributed by atoms with Gasteiger partial charge in [0.15, 0.2) is 0 Å². The lowest BCUT2D eigenvalue weighted by atomic mass is 9.94. The average Bonchev–Trinajstić information content (AvgIpc) is 3.32. The van der Waals surface area contributed by atoms with Gasteiger partial charge in [-0.2, -0.15) is 4.98 Å². The summed E-state index contributed by atoms with van der Waals surface area (Å²) >= 11 is 0. The molecule has 1 atom stereocenters. The van der Waals surface area contributed by atoms with Crippen LogP contribution in [0.2, 0.25) is 0 Å². The fraction of sp³-hybridized carbons (Fsp3) is 0.400. The van der Waals surface area contributed by atoms with Gasteiger partial charge in [-0.15, -0.1) is 0 Å². The second-order valence-corrected chi connectivity index (χ2v) is 8.31. The molecule has 33 heavy (non-hydrogen) atoms. The summed E-state index contributed by atoms with van der Waals surface area (Å²) in [6, 6.07) is 13.8. The van der Waals surface area contributed by atoms with Gasteiger partial charge in [-0.05, 0) is 74.3 Å². The third-order valence-electron chi connectivity index (χ3n) is 6.13. The van der Waals surface area contributed by atoms with Gasteiger partial charge in [-0.1, -0.05) is 24.2 Å². The Morgan fingerprint density at radius 3 is 2.52 bits per heavy atom. The highest BCUT2D eigenvalue weighted by Crippen LogP contribution is 2.24. The third-order valence-corrected chi connectivity index (χ3v) is 6.13. The molecule has 1 saturated heterocycles. The van der Waals surface area contributed by atoms with Crippen LogP contribution in [0.15, 0.2) is 53.1 Å². The Morgan fingerprint density at radius 2 is 1.88 bits per heavy atom. The van der Waals surface area contributed by atoms with Crippen molar-refractivity contribution in [3.05, 3.63) is 65.8 Å². The van der Waals surface area contributed by atoms with E-state index in [0.29, 0.717) is 23.8 Å². The first-order valence-electron chi connectivity index (χ1n) is 11.3. The fourth-order valence-electron chi connectivity index (χ4n) is 4.13. The van der Waals surface area contributed by atoms with E-state index < -0.39 is 0 Å². The molecule has 3 aromatic rings. The molecular formula is C25H29FN4O3. The number of halogens is 1. The quantitative estimate of drug-likeness (QED) is 0.547. The van der Waals surface area contributed by atoms with Crippen molar-refractivity contribution in [2.24, 2.45) is 5.92 Å². The van der Waals surface area contributed by atoms with Crippen LogP contribution in [0, 0.1) is 11.7 Å². The molecule has 2 aromatic carbocycles. The van der Waals surface area contributed by atoms with Crippen molar-refractivity contribution in [3.8, 4) is 17.1 Å². The number of likely N-dealkylation sites (tertiary alicyclic amines) is 1. The normalized spacial score (nSPS) is 15.8. The Kier molecular flexibility index (Phi) is 7.34. The molecule has 1 amide bonds. The number of nitrogens with one attached hydrogen (secondary N) is 1. The number of aromatic nitrogens is 2. The SMILES string of the molecule is CCC(NC(=O)C1CCN(Cc2nc(-c3ccc(F)cc3)no2)CC1)c1ccc(OC)cc1. The van der Waals surface area contributed by atoms with E-state index in [9.17, 15) is 9.18 Å². The monoisotopic (exact) mass is 452 g/mol. The number of piperidine rings is 1. The smallest absolute Gasteiger partial charge is 0.241 e. The van der Waals surface area contributed by atoms with Crippen LogP contribution in [0.25, 0.3) is 11.4 Å². The van der Waals surface area contributed by atoms with Crippen LogP contribution in [0.3, 0.4) is 0 Å². The van der Waals surface area contributed by atoms with Gasteiger partial charge in [0.1, 0.15) is 11.6 Å². The van der Waals surface area contributed by atoms with Crippen LogP contribution in [-0.2, 0) is 11.3 Å². The number of ether oxygens (including phenoxy) is 1. The van der Waals surface area contributed by atoms with Gasteiger partial charge in [0.2, 0.25) is 17.6 Å². The largest absolute Gasteiger partial charge is 0.497 e. The molecule has 1 fully saturated rings. The highest BCUT2D eigenvalue weighted by atomic mass is 19.1. The van der Waals surface area contributed by atoms with Crippen molar-refractivity contribution in [2.75, 3.05) is 20.2 Å². The Labute approximate surface area is 192 Å². The summed E-state index contributed by atoms with van der Waals surface area (Å²) < 4.78 is 23.7. The Balaban J connectivity index is 1.27. The molecule has 0 spiro atoms. The number of hydrogen-bond acceptors (Lipinski definition) is 6. The minimum Gasteiger partial charge on any atom is -0.497 e. The summed E-state index contributed by atoms with van der Waals surface area (Å²) in [4.78, 5) is 19.5. The first-order chi connectivity index (χ1) is 16.1. The van der Waals surface area contributed by atoms with Gasteiger partial charge in [0, 0.05) is 11.5 Å². The summed E-state index contributed by atoms with van der Waals surface area (Å²) in [5.41, 5.74) is 1.79. The standard InChI is InChI=1S/C25H29FN4O3/c1-3-22(17-6-10-21(32-2)11-7-17)27-25(31)19-12-14-30(15-13-19)16-23-28-24(29-33-23)18-4-8-20(26)9-5-18/h4-11,19,22H,3,12-16H2,1-2H3,(H,27,31). The van der Waals surface area contributed by atoms with Gasteiger partial charge in [-0.25, -0.2) is 4.39 Å². The minimum absolute atomic E-state index is 0.00832. The van der Waals surface area contributed by atoms with E-state index in [1.165, 1.54) is 12.1 Å². The number of hydrogen-bond donors (Lipinski definition) is 1. The number of carbonyl (C=O) groups excluding carboxylic acids is 1. The van der Waals surface area contributed by atoms with E-state index >= 15 is 0 Å². The maximum Gasteiger partial charge on any atom is 0.241 e. The van der Waals surface area contributed by atoms with E-state index in [2.05, 4.69) is 27.3 Å². The van der Waals surface area contributed by atoms with Crippen LogP contribution in [0.4, 0.5) is 4.39 Å². The Hall–Kier alpha value is -3.26. The molecular weight excluding hydrogens is 423 g/mol. The molecule has 0 aliphatic carbocycles. The van der Waals surface area contributed by atoms with E-state index in [-0.39, 0.29) is 23.7 Å². The van der Waals surface area contributed by atoms with Crippen LogP contribution in [-0.4, -0.2) is 41.1 Å². The van der Waals surface area contributed by atoms with Gasteiger partial charge in [0.25, 0.3) is 0 Å². The van der Waals surface area contributed by atoms with Crippen LogP contribution >= 0.6 is 0 Å². The molecule has 1 unspecified atom stereocenters. The highest BCUT2D eigenvalue weighted by Gasteiger charge is 2.27. The zero-order valence-corrected chi connectivity index (χ0v) is 19.0. The van der Waals surface area contributed by atoms with Crippen molar-refractivity contribution in [2.45, 2.75) is 38.8 Å². The lowest BCUT2D eigenvalue weighted by Gasteiger charge is -2.31. The van der Waals surface area contributed by atoms with Crippen LogP contribution in [0.5, 0.6) is 5.75 Å². The molecule has 1 aliphatic heterocycles. The average molecular weight is 453 g/mol. The third kappa shape index (κ3) is 5.76. The van der Waals surface area contributed by atoms with Crippen molar-refractivity contribution >= 4 is 5.91 Å². The van der Waals surface area contributed by atoms with Crippen LogP contribution < -0.4 is 10.1 Å². The number of carbonyl (C=O) groups is 1. The molecule has 1 aromatic heterocycles. The zero-order valence-electron chi connectivity index (χ0n) is 19.0. The van der Waals surface area contributed by atoms with E-state index in [1.807, 2.05) is 24.3 Å². The molecule has 0 bridgehead atoms. The molecule has 174 valence electrons. The lowest BCUT2D eigenvalue weighted by Crippen LogP contribution is -2.41. The molecule has 1 aliphatic rings. The predicted molar refractivity (Wildman–Crippen MR) is 122 cm³/mol. The van der Waals surface area contributed by atoms with Gasteiger partial charge < -0.3 is 14.6 Å². The second kappa shape index (κ2) is 10.6. The lowest BCUT2D eigenvalue weighted by molar-refractivity contribution is -0.127. The van der Waals surface area contributed by atoms with E-state index in [0.717, 1.165) is 43.7 Å². The summed E-state index contributed by atoms with van der Waals surface area (Å²) in [6.07, 6.45) is 2.39. The Morgan fingerprint density at radius 1 is 1.18 bits per heavy atom. The van der Waals surface area contributed by atoms with Crippen molar-refractivity contribution in [1.82, 2.24) is 20.4 Å². The number of amides is 1. The topological polar surface area (TPSA) is 80.5 Å². The van der Waals surface area contributed by atoms with E-state index in [4.69, 9.17) is 9.26 Å². The summed E-state index contributed by atoms with van der Waals surface area (Å²) in [6.45, 7) is 4.17. The number of nitrogens with zero attached hydrogens (tertiary/aromatic N) is 3. The summed E-state index contributed by atoms with van der Waals surface area (Å²) in [5.74, 6) is 1.56. The van der Waals surface area contributed by atoms with Crippen molar-refractivity contribution < 1.29 is 18.4 Å². The maximum absolute atomic E-state index is 13.1. The zero-order chi connectivity index (χ0) is 23.2. The molecule has 8 heteroatoms. The fourth-order valence-corrected chi connectivity index (χ4v) is 4.13. The maximum atomic E-state index is 13.1. The van der Waals surface area contributed by atoms with Crippen molar-refractivity contribution in [3.63, 3.8) is 0 Å². The number of rotatable bonds is 8. The highest BCUT2D eigenvalue weighted by molar-refractivity contribution is 5.79. The molecule has 2 heterocycles. The van der Waals surface area contributed by atoms with Gasteiger partial charge in [0.05, 0.1) is 19.7 Å². The molecule has 0 saturated carbocycles. The number of benzene rings is 2. The second-order valence-electron chi connectivity index (χ2n) is 8.31. The summed E-state index contributed by atoms with van der Waals surface area (Å²) in [7, 11) is 1.64. The Bertz CT molecular complexity index is 1040. The first-order valence-corrected chi connectivity index (χ1v) is 11.3. The summed E-state index contributed by atoms with van der Waals surface area (Å²) in [5, 5.41) is 7.21. The minimum atomic E-state index is -0.302. The van der Waals surface area contributed by atoms with Gasteiger partial charge >= 0.3 is 0 Å². The molecule has 7 nitrogen and oxygen atoms in total. The molecule has 1 N–H and O–H groups in total. The van der Waals surface area contributed by atoms with Crippen LogP contribution in [0.1, 0.15) is 43.7 Å². The predicted octanol–water partition coefficient (Wildman–Crippen LogP) is 4.36. The molecule has 0 radical (unpaired) electrons. The van der Waals surface area contributed by atoms with Crippen molar-refractivity contribution in [1.29, 1.82) is 0 Å². The van der Waals surface area contributed by atoms with E-state index in [1.54, 1.807) is 19.2 Å².